The van der Waals surface area contributed by atoms with Gasteiger partial charge in [-0.2, -0.15) is 0 Å². The third kappa shape index (κ3) is 4.03. The van der Waals surface area contributed by atoms with Crippen LogP contribution >= 0.6 is 0 Å². The normalized spacial score (nSPS) is 10.8. The van der Waals surface area contributed by atoms with Gasteiger partial charge in [0.25, 0.3) is 0 Å². The molecule has 0 atom stereocenters. The van der Waals surface area contributed by atoms with Crippen LogP contribution in [-0.2, 0) is 13.0 Å². The second kappa shape index (κ2) is 7.74. The van der Waals surface area contributed by atoms with Gasteiger partial charge in [0.2, 0.25) is 0 Å². The first-order valence-electron chi connectivity index (χ1n) is 8.59. The number of hydrogen-bond donors (Lipinski definition) is 0. The van der Waals surface area contributed by atoms with E-state index in [4.69, 9.17) is 13.9 Å². The fraction of sp³-hybridized carbons (Fsp3) is 0.136. The molecule has 0 bridgehead atoms. The maximum absolute atomic E-state index is 5.87. The lowest BCUT2D eigenvalue weighted by atomic mass is 10.2. The molecule has 0 amide bonds. The van der Waals surface area contributed by atoms with Gasteiger partial charge >= 0.3 is 0 Å². The summed E-state index contributed by atoms with van der Waals surface area (Å²) in [5, 5.41) is 1.13. The number of nitrogens with zero attached hydrogens (tertiary/aromatic N) is 1. The number of para-hydroxylation sites is 1. The number of benzene rings is 2. The summed E-state index contributed by atoms with van der Waals surface area (Å²) in [4.78, 5) is 4.62. The maximum Gasteiger partial charge on any atom is 0.130 e. The van der Waals surface area contributed by atoms with Gasteiger partial charge in [-0.25, -0.2) is 4.98 Å². The first-order chi connectivity index (χ1) is 12.9. The minimum absolute atomic E-state index is 0.417. The fourth-order valence-corrected chi connectivity index (χ4v) is 2.72. The van der Waals surface area contributed by atoms with Gasteiger partial charge in [-0.15, -0.1) is 0 Å². The molecule has 4 nitrogen and oxygen atoms in total. The van der Waals surface area contributed by atoms with Crippen LogP contribution in [0.5, 0.6) is 11.5 Å². The van der Waals surface area contributed by atoms with Gasteiger partial charge in [0, 0.05) is 17.9 Å². The van der Waals surface area contributed by atoms with E-state index in [9.17, 15) is 0 Å². The summed E-state index contributed by atoms with van der Waals surface area (Å²) in [6, 6.07) is 23.6. The topological polar surface area (TPSA) is 44.5 Å². The van der Waals surface area contributed by atoms with Crippen molar-refractivity contribution < 1.29 is 13.9 Å². The SMILES string of the molecule is c1cc(OCCc2ccco2)cc(OCc2ccc3ccccc3n2)c1. The molecule has 0 aliphatic carbocycles. The van der Waals surface area contributed by atoms with Crippen molar-refractivity contribution in [3.8, 4) is 11.5 Å². The highest BCUT2D eigenvalue weighted by molar-refractivity contribution is 5.78. The molecule has 26 heavy (non-hydrogen) atoms. The molecule has 0 aliphatic rings. The Kier molecular flexibility index (Phi) is 4.83. The smallest absolute Gasteiger partial charge is 0.130 e. The van der Waals surface area contributed by atoms with Gasteiger partial charge in [0.15, 0.2) is 0 Å². The summed E-state index contributed by atoms with van der Waals surface area (Å²) < 4.78 is 16.9. The minimum Gasteiger partial charge on any atom is -0.493 e. The third-order valence-corrected chi connectivity index (χ3v) is 4.05. The van der Waals surface area contributed by atoms with E-state index in [-0.39, 0.29) is 0 Å². The average molecular weight is 345 g/mol. The Morgan fingerprint density at radius 3 is 2.58 bits per heavy atom. The van der Waals surface area contributed by atoms with Crippen LogP contribution < -0.4 is 9.47 Å². The molecule has 0 spiro atoms. The Morgan fingerprint density at radius 2 is 1.69 bits per heavy atom. The molecule has 0 aliphatic heterocycles. The molecule has 4 heteroatoms. The summed E-state index contributed by atoms with van der Waals surface area (Å²) in [6.07, 6.45) is 2.41. The number of pyridine rings is 1. The van der Waals surface area contributed by atoms with E-state index in [1.165, 1.54) is 0 Å². The van der Waals surface area contributed by atoms with Crippen molar-refractivity contribution in [2.45, 2.75) is 13.0 Å². The zero-order chi connectivity index (χ0) is 17.6. The van der Waals surface area contributed by atoms with Gasteiger partial charge < -0.3 is 13.9 Å². The highest BCUT2D eigenvalue weighted by atomic mass is 16.5. The minimum atomic E-state index is 0.417. The van der Waals surface area contributed by atoms with E-state index in [2.05, 4.69) is 17.1 Å². The standard InChI is InChI=1S/C22H19NO3/c1-2-9-22-17(5-1)10-11-18(23-22)16-26-21-7-3-6-20(15-21)25-14-12-19-8-4-13-24-19/h1-11,13,15H,12,14,16H2. The van der Waals surface area contributed by atoms with Crippen molar-refractivity contribution in [2.75, 3.05) is 6.61 Å². The van der Waals surface area contributed by atoms with Gasteiger partial charge in [0.1, 0.15) is 23.9 Å². The molecule has 2 heterocycles. The summed E-state index contributed by atoms with van der Waals surface area (Å²) in [5.74, 6) is 2.45. The van der Waals surface area contributed by atoms with Gasteiger partial charge in [0.05, 0.1) is 24.1 Å². The van der Waals surface area contributed by atoms with Crippen LogP contribution in [0.2, 0.25) is 0 Å². The van der Waals surface area contributed by atoms with Crippen molar-refractivity contribution in [3.63, 3.8) is 0 Å². The quantitative estimate of drug-likeness (QED) is 0.471. The summed E-state index contributed by atoms with van der Waals surface area (Å²) >= 11 is 0. The van der Waals surface area contributed by atoms with Crippen LogP contribution in [0.3, 0.4) is 0 Å². The molecule has 0 fully saturated rings. The van der Waals surface area contributed by atoms with E-state index in [0.717, 1.165) is 40.3 Å². The second-order valence-corrected chi connectivity index (χ2v) is 5.94. The zero-order valence-corrected chi connectivity index (χ0v) is 14.3. The molecule has 0 radical (unpaired) electrons. The van der Waals surface area contributed by atoms with Crippen LogP contribution in [0.25, 0.3) is 10.9 Å². The van der Waals surface area contributed by atoms with Crippen molar-refractivity contribution in [3.05, 3.63) is 90.5 Å². The summed E-state index contributed by atoms with van der Waals surface area (Å²) in [7, 11) is 0. The highest BCUT2D eigenvalue weighted by Crippen LogP contribution is 2.21. The van der Waals surface area contributed by atoms with Crippen LogP contribution in [0.15, 0.2) is 83.5 Å². The Hall–Kier alpha value is -3.27. The molecule has 0 saturated heterocycles. The Bertz CT molecular complexity index is 980. The lowest BCUT2D eigenvalue weighted by Crippen LogP contribution is -2.01. The van der Waals surface area contributed by atoms with Crippen LogP contribution in [0.4, 0.5) is 0 Å². The third-order valence-electron chi connectivity index (χ3n) is 4.05. The van der Waals surface area contributed by atoms with E-state index in [0.29, 0.717) is 13.2 Å². The molecule has 130 valence electrons. The molecular weight excluding hydrogens is 326 g/mol. The first-order valence-corrected chi connectivity index (χ1v) is 8.59. The number of aromatic nitrogens is 1. The van der Waals surface area contributed by atoms with Gasteiger partial charge in [-0.1, -0.05) is 30.3 Å². The lowest BCUT2D eigenvalue weighted by Gasteiger charge is -2.09. The molecule has 4 aromatic rings. The molecular formula is C22H19NO3. The lowest BCUT2D eigenvalue weighted by molar-refractivity contribution is 0.290. The predicted octanol–water partition coefficient (Wildman–Crippen LogP) is 5.03. The molecule has 0 unspecified atom stereocenters. The summed E-state index contributed by atoms with van der Waals surface area (Å²) in [6.45, 7) is 0.976. The van der Waals surface area contributed by atoms with Crippen LogP contribution in [0, 0.1) is 0 Å². The average Bonchev–Trinajstić information content (AvgIpc) is 3.20. The van der Waals surface area contributed by atoms with Gasteiger partial charge in [-0.3, -0.25) is 0 Å². The molecule has 4 rings (SSSR count). The van der Waals surface area contributed by atoms with E-state index in [1.54, 1.807) is 6.26 Å². The van der Waals surface area contributed by atoms with E-state index in [1.807, 2.05) is 60.7 Å². The Labute approximate surface area is 152 Å². The van der Waals surface area contributed by atoms with Crippen molar-refractivity contribution in [2.24, 2.45) is 0 Å². The van der Waals surface area contributed by atoms with Crippen molar-refractivity contribution in [1.29, 1.82) is 0 Å². The van der Waals surface area contributed by atoms with Crippen molar-refractivity contribution >= 4 is 10.9 Å². The zero-order valence-electron chi connectivity index (χ0n) is 14.3. The highest BCUT2D eigenvalue weighted by Gasteiger charge is 2.02. The number of hydrogen-bond acceptors (Lipinski definition) is 4. The number of rotatable bonds is 7. The van der Waals surface area contributed by atoms with Crippen molar-refractivity contribution in [1.82, 2.24) is 4.98 Å². The van der Waals surface area contributed by atoms with E-state index >= 15 is 0 Å². The maximum atomic E-state index is 5.87. The molecule has 0 N–H and O–H groups in total. The Balaban J connectivity index is 1.35. The van der Waals surface area contributed by atoms with Crippen LogP contribution in [0.1, 0.15) is 11.5 Å². The number of fused-ring (bicyclic) bond motifs is 1. The first kappa shape index (κ1) is 16.2. The largest absolute Gasteiger partial charge is 0.493 e. The second-order valence-electron chi connectivity index (χ2n) is 5.94. The fourth-order valence-electron chi connectivity index (χ4n) is 2.72. The molecule has 2 aromatic carbocycles. The van der Waals surface area contributed by atoms with Crippen LogP contribution in [-0.4, -0.2) is 11.6 Å². The summed E-state index contributed by atoms with van der Waals surface area (Å²) in [5.41, 5.74) is 1.87. The molecule has 0 saturated carbocycles. The van der Waals surface area contributed by atoms with Gasteiger partial charge in [-0.05, 0) is 36.4 Å². The monoisotopic (exact) mass is 345 g/mol. The van der Waals surface area contributed by atoms with E-state index < -0.39 is 0 Å². The number of furan rings is 1. The number of ether oxygens (including phenoxy) is 2. The molecule has 2 aromatic heterocycles. The predicted molar refractivity (Wildman–Crippen MR) is 100 cm³/mol. The Morgan fingerprint density at radius 1 is 0.808 bits per heavy atom.